The first-order chi connectivity index (χ1) is 12.3. The van der Waals surface area contributed by atoms with Gasteiger partial charge >= 0.3 is 0 Å². The Kier molecular flexibility index (Phi) is 22.7. The van der Waals surface area contributed by atoms with Crippen LogP contribution in [-0.4, -0.2) is 13.0 Å². The predicted octanol–water partition coefficient (Wildman–Crippen LogP) is 9.95. The molecule has 0 aliphatic rings. The van der Waals surface area contributed by atoms with Crippen LogP contribution in [0, 0.1) is 0 Å². The molecule has 0 aromatic heterocycles. The van der Waals surface area contributed by atoms with E-state index in [2.05, 4.69) is 52.0 Å². The van der Waals surface area contributed by atoms with Crippen LogP contribution in [0.3, 0.4) is 0 Å². The second-order valence-corrected chi connectivity index (χ2v) is 8.68. The van der Waals surface area contributed by atoms with Crippen molar-refractivity contribution in [2.75, 3.05) is 0 Å². The molecule has 0 saturated carbocycles. The van der Waals surface area contributed by atoms with Crippen LogP contribution in [0.5, 0.6) is 0 Å². The van der Waals surface area contributed by atoms with Gasteiger partial charge in [0, 0.05) is 0 Å². The van der Waals surface area contributed by atoms with Gasteiger partial charge < -0.3 is 0 Å². The predicted molar refractivity (Wildman–Crippen MR) is 148 cm³/mol. The maximum absolute atomic E-state index is 11.2. The van der Waals surface area contributed by atoms with Crippen molar-refractivity contribution in [1.82, 2.24) is 0 Å². The summed E-state index contributed by atoms with van der Waals surface area (Å²) in [5.74, 6) is 1.37. The van der Waals surface area contributed by atoms with Crippen molar-refractivity contribution in [2.24, 2.45) is 0 Å². The quantitative estimate of drug-likeness (QED) is 0.390. The molecule has 0 amide bonds. The van der Waals surface area contributed by atoms with Crippen molar-refractivity contribution in [3.63, 3.8) is 0 Å². The van der Waals surface area contributed by atoms with E-state index in [-0.39, 0.29) is 49.5 Å². The molecule has 3 nitrogen and oxygen atoms in total. The van der Waals surface area contributed by atoms with Crippen LogP contribution < -0.4 is 0 Å². The summed E-state index contributed by atoms with van der Waals surface area (Å²) in [7, 11) is -4.13. The number of rotatable bonds is 8. The minimum Gasteiger partial charge on any atom is -0.282 e. The Bertz CT molecular complexity index is 794. The normalized spacial score (nSPS) is 12.5. The van der Waals surface area contributed by atoms with E-state index in [9.17, 15) is 8.42 Å². The highest BCUT2D eigenvalue weighted by molar-refractivity contribution is 7.85. The van der Waals surface area contributed by atoms with Crippen molar-refractivity contribution in [1.29, 1.82) is 0 Å². The Balaban J connectivity index is -0.000000405. The van der Waals surface area contributed by atoms with E-state index in [1.54, 1.807) is 12.1 Å². The zero-order valence-corrected chi connectivity index (χ0v) is 17.0. The average molecular weight is 471 g/mol. The fourth-order valence-electron chi connectivity index (χ4n) is 3.40. The molecule has 0 saturated heterocycles. The lowest BCUT2D eigenvalue weighted by Gasteiger charge is -2.21. The molecule has 2 aromatic carbocycles. The zero-order valence-electron chi connectivity index (χ0n) is 16.1. The van der Waals surface area contributed by atoms with E-state index in [1.165, 1.54) is 23.3 Å². The maximum atomic E-state index is 11.2. The summed E-state index contributed by atoms with van der Waals surface area (Å²) in [5, 5.41) is 0. The fraction of sp³-hybridized carbons (Fsp3) is 0.571. The maximum Gasteiger partial charge on any atom is 0.294 e. The van der Waals surface area contributed by atoms with Crippen LogP contribution in [0.4, 0.5) is 0 Å². The Morgan fingerprint density at radius 3 is 1.41 bits per heavy atom. The first kappa shape index (κ1) is 40.7. The summed E-state index contributed by atoms with van der Waals surface area (Å²) in [4.78, 5) is -0.0545. The summed E-state index contributed by atoms with van der Waals surface area (Å²) >= 11 is 0. The largest absolute Gasteiger partial charge is 0.294 e. The van der Waals surface area contributed by atoms with E-state index in [1.807, 2.05) is 0 Å². The Morgan fingerprint density at radius 2 is 1.03 bits per heavy atom. The lowest BCUT2D eigenvalue weighted by atomic mass is 9.84. The first-order valence-electron chi connectivity index (χ1n) is 9.43. The Morgan fingerprint density at radius 1 is 0.656 bits per heavy atom. The Labute approximate surface area is 202 Å². The van der Waals surface area contributed by atoms with E-state index in [0.717, 1.165) is 24.8 Å². The van der Waals surface area contributed by atoms with Crippen LogP contribution in [0.25, 0.3) is 0 Å². The monoisotopic (exact) mass is 470 g/mol. The molecular weight excluding hydrogens is 416 g/mol. The molecule has 0 bridgehead atoms. The fourth-order valence-corrected chi connectivity index (χ4v) is 3.88. The molecule has 32 heavy (non-hydrogen) atoms. The molecule has 0 radical (unpaired) electrons. The van der Waals surface area contributed by atoms with Crippen molar-refractivity contribution in [3.05, 3.63) is 65.2 Å². The van der Waals surface area contributed by atoms with Crippen LogP contribution >= 0.6 is 0 Å². The molecule has 0 aliphatic carbocycles. The summed E-state index contributed by atoms with van der Waals surface area (Å²) in [6.07, 6.45) is 3.22. The lowest BCUT2D eigenvalue weighted by molar-refractivity contribution is 0.483. The molecule has 0 heterocycles. The SMILES string of the molecule is C.C.C.C.C.C.CCC(C)c1ccc(C(CC)CC(C)c2ccc(S(=O)(=O)O)cc2)cc1. The van der Waals surface area contributed by atoms with Crippen LogP contribution in [0.2, 0.25) is 0 Å². The highest BCUT2D eigenvalue weighted by atomic mass is 32.2. The van der Waals surface area contributed by atoms with Crippen molar-refractivity contribution < 1.29 is 13.0 Å². The third kappa shape index (κ3) is 10.8. The third-order valence-electron chi connectivity index (χ3n) is 5.47. The molecule has 0 spiro atoms. The molecule has 3 atom stereocenters. The van der Waals surface area contributed by atoms with Gasteiger partial charge in [-0.05, 0) is 65.8 Å². The molecule has 190 valence electrons. The minimum atomic E-state index is -4.13. The summed E-state index contributed by atoms with van der Waals surface area (Å²) < 4.78 is 31.5. The minimum absolute atomic E-state index is 0. The van der Waals surface area contributed by atoms with Gasteiger partial charge in [0.05, 0.1) is 4.90 Å². The first-order valence-corrected chi connectivity index (χ1v) is 10.9. The molecule has 1 N–H and O–H groups in total. The van der Waals surface area contributed by atoms with Gasteiger partial charge in [0.1, 0.15) is 0 Å². The van der Waals surface area contributed by atoms with E-state index in [0.29, 0.717) is 17.8 Å². The molecule has 0 fully saturated rings. The summed E-state index contributed by atoms with van der Waals surface area (Å²) in [6, 6.07) is 15.5. The van der Waals surface area contributed by atoms with Gasteiger partial charge in [-0.3, -0.25) is 4.55 Å². The second-order valence-electron chi connectivity index (χ2n) is 7.26. The molecule has 2 aromatic rings. The van der Waals surface area contributed by atoms with E-state index in [4.69, 9.17) is 4.55 Å². The molecule has 2 rings (SSSR count). The van der Waals surface area contributed by atoms with Crippen molar-refractivity contribution >= 4 is 10.1 Å². The van der Waals surface area contributed by atoms with Crippen molar-refractivity contribution in [3.8, 4) is 0 Å². The van der Waals surface area contributed by atoms with Crippen LogP contribution in [-0.2, 0) is 10.1 Å². The van der Waals surface area contributed by atoms with Crippen LogP contribution in [0.1, 0.15) is 126 Å². The standard InChI is InChI=1S/C22H30O3S.6CH4/c1-5-16(3)19-7-9-21(10-8-19)18(6-2)15-17(4)20-11-13-22(14-12-20)26(23,24)25;;;;;;/h7-14,16-18H,5-6,15H2,1-4H3,(H,23,24,25);6*1H4. The van der Waals surface area contributed by atoms with Gasteiger partial charge in [-0.2, -0.15) is 8.42 Å². The average Bonchev–Trinajstić information content (AvgIpc) is 2.64. The van der Waals surface area contributed by atoms with Gasteiger partial charge in [-0.1, -0.05) is 109 Å². The van der Waals surface area contributed by atoms with Gasteiger partial charge in [0.15, 0.2) is 0 Å². The highest BCUT2D eigenvalue weighted by Crippen LogP contribution is 2.33. The number of hydrogen-bond donors (Lipinski definition) is 1. The topological polar surface area (TPSA) is 54.4 Å². The summed E-state index contributed by atoms with van der Waals surface area (Å²) in [6.45, 7) is 8.84. The summed E-state index contributed by atoms with van der Waals surface area (Å²) in [5.41, 5.74) is 3.84. The Hall–Kier alpha value is -1.65. The molecule has 0 aliphatic heterocycles. The third-order valence-corrected chi connectivity index (χ3v) is 6.34. The molecule has 4 heteroatoms. The lowest BCUT2D eigenvalue weighted by Crippen LogP contribution is -2.05. The van der Waals surface area contributed by atoms with Gasteiger partial charge in [0.2, 0.25) is 0 Å². The molecule has 3 unspecified atom stereocenters. The second kappa shape index (κ2) is 17.9. The van der Waals surface area contributed by atoms with E-state index < -0.39 is 10.1 Å². The zero-order chi connectivity index (χ0) is 19.3. The van der Waals surface area contributed by atoms with Crippen molar-refractivity contribution in [2.45, 2.75) is 114 Å². The molecular formula is C28H54O3S. The smallest absolute Gasteiger partial charge is 0.282 e. The highest BCUT2D eigenvalue weighted by Gasteiger charge is 2.17. The van der Waals surface area contributed by atoms with Gasteiger partial charge in [0.25, 0.3) is 10.1 Å². The van der Waals surface area contributed by atoms with Gasteiger partial charge in [-0.25, -0.2) is 0 Å². The number of benzene rings is 2. The van der Waals surface area contributed by atoms with Gasteiger partial charge in [-0.15, -0.1) is 0 Å². The number of hydrogen-bond acceptors (Lipinski definition) is 2. The van der Waals surface area contributed by atoms with E-state index >= 15 is 0 Å². The van der Waals surface area contributed by atoms with Crippen LogP contribution in [0.15, 0.2) is 53.4 Å².